The third-order valence-electron chi connectivity index (χ3n) is 2.98. The molecule has 0 atom stereocenters. The molecule has 0 aromatic carbocycles. The molecule has 0 radical (unpaired) electrons. The highest BCUT2D eigenvalue weighted by Gasteiger charge is 2.11. The van der Waals surface area contributed by atoms with E-state index in [9.17, 15) is 0 Å². The number of hydrogen-bond donors (Lipinski definition) is 2. The number of pyridine rings is 1. The molecule has 0 unspecified atom stereocenters. The molecular weight excluding hydrogens is 356 g/mol. The van der Waals surface area contributed by atoms with Crippen LogP contribution in [0.2, 0.25) is 5.15 Å². The molecule has 3 heterocycles. The lowest BCUT2D eigenvalue weighted by Gasteiger charge is -2.06. The number of nitrogens with zero attached hydrogens (tertiary/aromatic N) is 2. The van der Waals surface area contributed by atoms with E-state index in [1.165, 1.54) is 0 Å². The van der Waals surface area contributed by atoms with Crippen LogP contribution < -0.4 is 5.32 Å². The average molecular weight is 368 g/mol. The summed E-state index contributed by atoms with van der Waals surface area (Å²) >= 11 is 9.23. The van der Waals surface area contributed by atoms with E-state index in [1.54, 1.807) is 12.4 Å². The fraction of sp³-hybridized carbons (Fsp3) is 0.143. The maximum Gasteiger partial charge on any atom is 0.152 e. The molecule has 2 N–H and O–H groups in total. The Morgan fingerprint density at radius 1 is 1.38 bits per heavy atom. The Balaban J connectivity index is 1.77. The molecule has 3 aromatic rings. The molecule has 0 amide bonds. The summed E-state index contributed by atoms with van der Waals surface area (Å²) in [4.78, 5) is 4.08. The third kappa shape index (κ3) is 3.11. The number of aromatic nitrogens is 3. The van der Waals surface area contributed by atoms with Gasteiger partial charge in [0.15, 0.2) is 5.76 Å². The van der Waals surface area contributed by atoms with Crippen LogP contribution in [0.25, 0.3) is 11.5 Å². The van der Waals surface area contributed by atoms with Gasteiger partial charge in [-0.15, -0.1) is 0 Å². The molecule has 0 aliphatic carbocycles. The van der Waals surface area contributed by atoms with Gasteiger partial charge in [0.25, 0.3) is 0 Å². The monoisotopic (exact) mass is 366 g/mol. The summed E-state index contributed by atoms with van der Waals surface area (Å²) in [5.41, 5.74) is 2.75. The maximum atomic E-state index is 5.87. The predicted molar refractivity (Wildman–Crippen MR) is 85.3 cm³/mol. The van der Waals surface area contributed by atoms with Crippen LogP contribution in [0.15, 0.2) is 39.5 Å². The molecule has 0 spiro atoms. The van der Waals surface area contributed by atoms with Gasteiger partial charge in [-0.3, -0.25) is 5.10 Å². The minimum absolute atomic E-state index is 0.440. The van der Waals surface area contributed by atoms with E-state index in [1.807, 2.05) is 25.1 Å². The molecule has 0 bridgehead atoms. The van der Waals surface area contributed by atoms with Crippen LogP contribution in [0.1, 0.15) is 11.3 Å². The molecule has 0 aliphatic heterocycles. The Hall–Kier alpha value is -1.79. The van der Waals surface area contributed by atoms with E-state index in [0.29, 0.717) is 11.7 Å². The number of hydrogen-bond acceptors (Lipinski definition) is 4. The first-order chi connectivity index (χ1) is 10.1. The fourth-order valence-corrected chi connectivity index (χ4v) is 2.39. The van der Waals surface area contributed by atoms with Crippen LogP contribution >= 0.6 is 27.5 Å². The standard InChI is InChI=1S/C14H12BrClN4O/c1-8-2-3-12(21-8)13-9(6-19-20-13)5-17-10-4-11(15)14(16)18-7-10/h2-4,6-7,17H,5H2,1H3,(H,19,20). The van der Waals surface area contributed by atoms with Gasteiger partial charge in [0.2, 0.25) is 0 Å². The molecule has 0 saturated carbocycles. The van der Waals surface area contributed by atoms with E-state index < -0.39 is 0 Å². The van der Waals surface area contributed by atoms with Crippen molar-refractivity contribution in [3.63, 3.8) is 0 Å². The first-order valence-electron chi connectivity index (χ1n) is 6.27. The molecule has 0 aliphatic rings. The number of anilines is 1. The van der Waals surface area contributed by atoms with Gasteiger partial charge in [0.1, 0.15) is 16.6 Å². The highest BCUT2D eigenvalue weighted by molar-refractivity contribution is 9.10. The molecule has 3 rings (SSSR count). The summed E-state index contributed by atoms with van der Waals surface area (Å²) in [6, 6.07) is 5.73. The quantitative estimate of drug-likeness (QED) is 0.671. The molecule has 5 nitrogen and oxygen atoms in total. The van der Waals surface area contributed by atoms with Crippen LogP contribution in [-0.4, -0.2) is 15.2 Å². The van der Waals surface area contributed by atoms with Gasteiger partial charge in [-0.25, -0.2) is 4.98 Å². The van der Waals surface area contributed by atoms with Crippen molar-refractivity contribution in [2.24, 2.45) is 0 Å². The average Bonchev–Trinajstić information content (AvgIpc) is 3.08. The van der Waals surface area contributed by atoms with E-state index in [4.69, 9.17) is 16.0 Å². The van der Waals surface area contributed by atoms with Gasteiger partial charge in [0.05, 0.1) is 22.6 Å². The van der Waals surface area contributed by atoms with Crippen molar-refractivity contribution in [2.45, 2.75) is 13.5 Å². The minimum Gasteiger partial charge on any atom is -0.460 e. The van der Waals surface area contributed by atoms with Crippen LogP contribution in [0, 0.1) is 6.92 Å². The number of halogens is 2. The summed E-state index contributed by atoms with van der Waals surface area (Å²) in [6.45, 7) is 2.51. The van der Waals surface area contributed by atoms with Crippen molar-refractivity contribution >= 4 is 33.2 Å². The SMILES string of the molecule is Cc1ccc(-c2[nH]ncc2CNc2cnc(Cl)c(Br)c2)o1. The molecule has 0 saturated heterocycles. The largest absolute Gasteiger partial charge is 0.460 e. The molecule has 0 fully saturated rings. The number of aromatic amines is 1. The summed E-state index contributed by atoms with van der Waals surface area (Å²) < 4.78 is 6.37. The van der Waals surface area contributed by atoms with Crippen LogP contribution in [0.4, 0.5) is 5.69 Å². The van der Waals surface area contributed by atoms with Crippen molar-refractivity contribution in [2.75, 3.05) is 5.32 Å². The number of furan rings is 1. The Bertz CT molecular complexity index is 768. The summed E-state index contributed by atoms with van der Waals surface area (Å²) in [6.07, 6.45) is 3.46. The van der Waals surface area contributed by atoms with E-state index in [0.717, 1.165) is 32.9 Å². The van der Waals surface area contributed by atoms with Crippen molar-refractivity contribution < 1.29 is 4.42 Å². The van der Waals surface area contributed by atoms with Crippen molar-refractivity contribution in [1.29, 1.82) is 0 Å². The summed E-state index contributed by atoms with van der Waals surface area (Å²) in [5.74, 6) is 1.64. The third-order valence-corrected chi connectivity index (χ3v) is 4.12. The number of aryl methyl sites for hydroxylation is 1. The highest BCUT2D eigenvalue weighted by atomic mass is 79.9. The first-order valence-corrected chi connectivity index (χ1v) is 7.44. The Kier molecular flexibility index (Phi) is 3.98. The van der Waals surface area contributed by atoms with Crippen LogP contribution in [0.3, 0.4) is 0 Å². The Labute approximate surface area is 134 Å². The Morgan fingerprint density at radius 3 is 2.95 bits per heavy atom. The predicted octanol–water partition coefficient (Wildman–Crippen LogP) is 4.40. The first kappa shape index (κ1) is 14.2. The van der Waals surface area contributed by atoms with E-state index in [2.05, 4.69) is 36.4 Å². The van der Waals surface area contributed by atoms with Gasteiger partial charge >= 0.3 is 0 Å². The van der Waals surface area contributed by atoms with E-state index in [-0.39, 0.29) is 0 Å². The normalized spacial score (nSPS) is 10.8. The number of nitrogens with one attached hydrogen (secondary N) is 2. The second-order valence-corrected chi connectivity index (χ2v) is 5.74. The lowest BCUT2D eigenvalue weighted by Crippen LogP contribution is -2.00. The Morgan fingerprint density at radius 2 is 2.24 bits per heavy atom. The summed E-state index contributed by atoms with van der Waals surface area (Å²) in [5, 5.41) is 10.8. The smallest absolute Gasteiger partial charge is 0.152 e. The topological polar surface area (TPSA) is 66.7 Å². The maximum absolute atomic E-state index is 5.87. The van der Waals surface area contributed by atoms with Crippen LogP contribution in [0.5, 0.6) is 0 Å². The zero-order chi connectivity index (χ0) is 14.8. The number of rotatable bonds is 4. The van der Waals surface area contributed by atoms with Crippen molar-refractivity contribution in [3.8, 4) is 11.5 Å². The van der Waals surface area contributed by atoms with Crippen molar-refractivity contribution in [3.05, 3.63) is 51.5 Å². The molecule has 108 valence electrons. The zero-order valence-corrected chi connectivity index (χ0v) is 13.5. The minimum atomic E-state index is 0.440. The van der Waals surface area contributed by atoms with Crippen molar-refractivity contribution in [1.82, 2.24) is 15.2 Å². The van der Waals surface area contributed by atoms with Gasteiger partial charge < -0.3 is 9.73 Å². The number of H-pyrrole nitrogens is 1. The highest BCUT2D eigenvalue weighted by Crippen LogP contribution is 2.26. The molecular formula is C14H12BrClN4O. The fourth-order valence-electron chi connectivity index (χ4n) is 1.94. The van der Waals surface area contributed by atoms with E-state index >= 15 is 0 Å². The molecule has 7 heteroatoms. The van der Waals surface area contributed by atoms with Gasteiger partial charge in [-0.1, -0.05) is 11.6 Å². The van der Waals surface area contributed by atoms with Gasteiger partial charge in [0, 0.05) is 12.1 Å². The second kappa shape index (κ2) is 5.91. The lowest BCUT2D eigenvalue weighted by atomic mass is 10.2. The summed E-state index contributed by atoms with van der Waals surface area (Å²) in [7, 11) is 0. The molecule has 3 aromatic heterocycles. The van der Waals surface area contributed by atoms with Gasteiger partial charge in [-0.2, -0.15) is 5.10 Å². The zero-order valence-electron chi connectivity index (χ0n) is 11.2. The lowest BCUT2D eigenvalue weighted by molar-refractivity contribution is 0.545. The second-order valence-electron chi connectivity index (χ2n) is 4.53. The molecule has 21 heavy (non-hydrogen) atoms. The van der Waals surface area contributed by atoms with Gasteiger partial charge in [-0.05, 0) is 41.1 Å². The van der Waals surface area contributed by atoms with Crippen LogP contribution in [-0.2, 0) is 6.54 Å².